The van der Waals surface area contributed by atoms with Gasteiger partial charge in [0, 0.05) is 12.1 Å². The van der Waals surface area contributed by atoms with Gasteiger partial charge in [-0.2, -0.15) is 13.2 Å². The summed E-state index contributed by atoms with van der Waals surface area (Å²) in [6.07, 6.45) is -1.95. The topological polar surface area (TPSA) is 60.8 Å². The normalized spacial score (nSPS) is 10.7. The first-order chi connectivity index (χ1) is 12.2. The van der Waals surface area contributed by atoms with E-state index in [1.807, 2.05) is 0 Å². The van der Waals surface area contributed by atoms with E-state index >= 15 is 0 Å². The maximum absolute atomic E-state index is 12.5. The second kappa shape index (κ2) is 8.98. The molecule has 0 radical (unpaired) electrons. The van der Waals surface area contributed by atoms with Crippen molar-refractivity contribution in [2.24, 2.45) is 0 Å². The number of nitrogens with zero attached hydrogens (tertiary/aromatic N) is 4. The number of benzene rings is 1. The summed E-state index contributed by atoms with van der Waals surface area (Å²) >= 11 is 16.4. The van der Waals surface area contributed by atoms with Crippen molar-refractivity contribution in [3.05, 3.63) is 70.1 Å². The summed E-state index contributed by atoms with van der Waals surface area (Å²) in [6.45, 7) is 0. The molecule has 0 aliphatic heterocycles. The highest BCUT2D eigenvalue weighted by atomic mass is 35.5. The van der Waals surface area contributed by atoms with Crippen LogP contribution in [0, 0.1) is 0 Å². The Labute approximate surface area is 160 Å². The molecule has 0 saturated heterocycles. The Kier molecular flexibility index (Phi) is 6.96. The summed E-state index contributed by atoms with van der Waals surface area (Å²) in [5, 5.41) is 0.877. The predicted molar refractivity (Wildman–Crippen MR) is 90.6 cm³/mol. The average molecular weight is 424 g/mol. The second-order valence-corrected chi connectivity index (χ2v) is 5.63. The molecule has 26 heavy (non-hydrogen) atoms. The third-order valence-electron chi connectivity index (χ3n) is 2.59. The van der Waals surface area contributed by atoms with Gasteiger partial charge in [-0.1, -0.05) is 40.9 Å². The molecule has 2 aromatic heterocycles. The lowest BCUT2D eigenvalue weighted by Gasteiger charge is -2.09. The van der Waals surface area contributed by atoms with Crippen LogP contribution in [0.3, 0.4) is 0 Å². The number of hydrogen-bond acceptors (Lipinski definition) is 5. The van der Waals surface area contributed by atoms with E-state index in [4.69, 9.17) is 39.5 Å². The lowest BCUT2D eigenvalue weighted by atomic mass is 10.2. The molecule has 1 aromatic carbocycles. The van der Waals surface area contributed by atoms with E-state index < -0.39 is 11.7 Å². The lowest BCUT2D eigenvalue weighted by molar-refractivity contribution is -0.137. The van der Waals surface area contributed by atoms with Crippen LogP contribution in [0.15, 0.2) is 49.1 Å². The van der Waals surface area contributed by atoms with Gasteiger partial charge in [-0.05, 0) is 18.2 Å². The zero-order chi connectivity index (χ0) is 19.2. The monoisotopic (exact) mass is 422 g/mol. The summed E-state index contributed by atoms with van der Waals surface area (Å²) in [6, 6.07) is 7.27. The van der Waals surface area contributed by atoms with Crippen molar-refractivity contribution in [2.75, 3.05) is 0 Å². The Hall–Kier alpha value is -2.16. The van der Waals surface area contributed by atoms with Gasteiger partial charge >= 0.3 is 6.18 Å². The van der Waals surface area contributed by atoms with Crippen molar-refractivity contribution < 1.29 is 17.9 Å². The van der Waals surface area contributed by atoms with Crippen molar-refractivity contribution >= 4 is 34.8 Å². The molecule has 0 atom stereocenters. The predicted octanol–water partition coefficient (Wildman–Crippen LogP) is 5.72. The molecule has 3 aromatic rings. The Morgan fingerprint density at radius 1 is 0.769 bits per heavy atom. The van der Waals surface area contributed by atoms with Crippen molar-refractivity contribution in [3.8, 4) is 11.6 Å². The summed E-state index contributed by atoms with van der Waals surface area (Å²) in [5.74, 6) is 0.105. The van der Waals surface area contributed by atoms with Gasteiger partial charge in [0.1, 0.15) is 33.9 Å². The summed E-state index contributed by atoms with van der Waals surface area (Å²) < 4.78 is 42.6. The number of ether oxygens (including phenoxy) is 1. The quantitative estimate of drug-likeness (QED) is 0.493. The van der Waals surface area contributed by atoms with Crippen molar-refractivity contribution in [2.45, 2.75) is 6.18 Å². The molecule has 0 aliphatic rings. The highest BCUT2D eigenvalue weighted by Gasteiger charge is 2.30. The maximum Gasteiger partial charge on any atom is 0.416 e. The van der Waals surface area contributed by atoms with Gasteiger partial charge in [0.25, 0.3) is 0 Å². The van der Waals surface area contributed by atoms with Gasteiger partial charge in [-0.25, -0.2) is 19.9 Å². The Morgan fingerprint density at radius 3 is 1.85 bits per heavy atom. The van der Waals surface area contributed by atoms with E-state index in [-0.39, 0.29) is 16.8 Å². The van der Waals surface area contributed by atoms with Gasteiger partial charge in [0.15, 0.2) is 0 Å². The number of rotatable bonds is 2. The molecule has 5 nitrogen and oxygen atoms in total. The fraction of sp³-hybridized carbons (Fsp3) is 0.0667. The van der Waals surface area contributed by atoms with Crippen LogP contribution in [0.4, 0.5) is 13.2 Å². The second-order valence-electron chi connectivity index (χ2n) is 4.47. The van der Waals surface area contributed by atoms with E-state index in [9.17, 15) is 13.2 Å². The van der Waals surface area contributed by atoms with Crippen LogP contribution in [0.2, 0.25) is 15.5 Å². The van der Waals surface area contributed by atoms with Crippen LogP contribution < -0.4 is 4.74 Å². The minimum absolute atomic E-state index is 0.0274. The number of alkyl halides is 3. The van der Waals surface area contributed by atoms with E-state index in [1.54, 1.807) is 0 Å². The fourth-order valence-electron chi connectivity index (χ4n) is 1.54. The van der Waals surface area contributed by atoms with Crippen LogP contribution in [0.5, 0.6) is 11.6 Å². The minimum atomic E-state index is -4.41. The summed E-state index contributed by atoms with van der Waals surface area (Å²) in [7, 11) is 0. The van der Waals surface area contributed by atoms with Crippen LogP contribution >= 0.6 is 34.8 Å². The SMILES string of the molecule is Clc1cc(Cl)ncn1.FC(F)(F)c1cccc(Oc2cc(Cl)ncn2)c1. The highest BCUT2D eigenvalue weighted by molar-refractivity contribution is 6.33. The van der Waals surface area contributed by atoms with Crippen molar-refractivity contribution in [1.29, 1.82) is 0 Å². The summed E-state index contributed by atoms with van der Waals surface area (Å²) in [5.41, 5.74) is -0.792. The third kappa shape index (κ3) is 6.62. The number of hydrogen-bond donors (Lipinski definition) is 0. The Balaban J connectivity index is 0.000000254. The Bertz CT molecular complexity index is 863. The molecule has 3 rings (SSSR count). The van der Waals surface area contributed by atoms with Crippen LogP contribution in [0.1, 0.15) is 5.56 Å². The molecule has 0 aliphatic carbocycles. The van der Waals surface area contributed by atoms with Gasteiger partial charge < -0.3 is 4.74 Å². The van der Waals surface area contributed by atoms with Crippen LogP contribution in [-0.4, -0.2) is 19.9 Å². The van der Waals surface area contributed by atoms with Crippen LogP contribution in [-0.2, 0) is 6.18 Å². The molecule has 0 amide bonds. The highest BCUT2D eigenvalue weighted by Crippen LogP contribution is 2.32. The lowest BCUT2D eigenvalue weighted by Crippen LogP contribution is -2.04. The first-order valence-electron chi connectivity index (χ1n) is 6.70. The van der Waals surface area contributed by atoms with E-state index in [0.29, 0.717) is 10.3 Å². The molecule has 0 unspecified atom stereocenters. The van der Waals surface area contributed by atoms with E-state index in [0.717, 1.165) is 18.5 Å². The molecule has 0 saturated carbocycles. The standard InChI is InChI=1S/C11H6ClF3N2O.C4H2Cl2N2/c12-9-5-10(17-6-16-9)18-8-3-1-2-7(4-8)11(13,14)15;5-3-1-4(6)8-2-7-3/h1-6H;1-2H. The number of halogens is 6. The summed E-state index contributed by atoms with van der Waals surface area (Å²) in [4.78, 5) is 14.6. The zero-order valence-electron chi connectivity index (χ0n) is 12.6. The zero-order valence-corrected chi connectivity index (χ0v) is 14.9. The van der Waals surface area contributed by atoms with Gasteiger partial charge in [0.2, 0.25) is 5.88 Å². The van der Waals surface area contributed by atoms with Crippen molar-refractivity contribution in [3.63, 3.8) is 0 Å². The number of aromatic nitrogens is 4. The molecular formula is C15H8Cl3F3N4O. The van der Waals surface area contributed by atoms with Gasteiger partial charge in [0.05, 0.1) is 5.56 Å². The van der Waals surface area contributed by atoms with E-state index in [2.05, 4.69) is 19.9 Å². The molecule has 0 fully saturated rings. The first-order valence-corrected chi connectivity index (χ1v) is 7.83. The molecule has 136 valence electrons. The molecule has 0 spiro atoms. The maximum atomic E-state index is 12.5. The third-order valence-corrected chi connectivity index (χ3v) is 3.21. The van der Waals surface area contributed by atoms with Gasteiger partial charge in [-0.3, -0.25) is 0 Å². The molecule has 0 bridgehead atoms. The van der Waals surface area contributed by atoms with Crippen LogP contribution in [0.25, 0.3) is 0 Å². The Morgan fingerprint density at radius 2 is 1.35 bits per heavy atom. The average Bonchev–Trinajstić information content (AvgIpc) is 2.55. The fourth-order valence-corrected chi connectivity index (χ4v) is 2.03. The van der Waals surface area contributed by atoms with Crippen molar-refractivity contribution in [1.82, 2.24) is 19.9 Å². The van der Waals surface area contributed by atoms with E-state index in [1.165, 1.54) is 30.6 Å². The molecular weight excluding hydrogens is 416 g/mol. The first kappa shape index (κ1) is 20.2. The smallest absolute Gasteiger partial charge is 0.416 e. The largest absolute Gasteiger partial charge is 0.439 e. The van der Waals surface area contributed by atoms with Gasteiger partial charge in [-0.15, -0.1) is 0 Å². The minimum Gasteiger partial charge on any atom is -0.439 e. The molecule has 0 N–H and O–H groups in total. The molecule has 11 heteroatoms. The molecule has 2 heterocycles.